The first kappa shape index (κ1) is 24.7. The molecule has 2 amide bonds. The van der Waals surface area contributed by atoms with Crippen LogP contribution in [0.25, 0.3) is 0 Å². The van der Waals surface area contributed by atoms with Crippen molar-refractivity contribution in [2.45, 2.75) is 40.0 Å². The van der Waals surface area contributed by atoms with E-state index in [0.717, 1.165) is 32.4 Å². The Hall–Kier alpha value is -2.93. The van der Waals surface area contributed by atoms with Crippen LogP contribution in [0.15, 0.2) is 48.5 Å². The number of nitrogens with zero attached hydrogens (tertiary/aromatic N) is 1. The highest BCUT2D eigenvalue weighted by Gasteiger charge is 2.21. The molecule has 6 nitrogen and oxygen atoms in total. The number of rotatable bonds is 7. The number of carbonyl (C=O) groups is 2. The molecule has 176 valence electrons. The largest absolute Gasteiger partial charge is 0.494 e. The molecule has 3 rings (SSSR count). The molecule has 0 saturated carbocycles. The van der Waals surface area contributed by atoms with E-state index in [2.05, 4.69) is 31.4 Å². The predicted octanol–water partition coefficient (Wildman–Crippen LogP) is 5.11. The number of benzene rings is 2. The van der Waals surface area contributed by atoms with Crippen LogP contribution in [0.3, 0.4) is 0 Å². The molecule has 1 saturated heterocycles. The minimum absolute atomic E-state index is 0.0229. The molecule has 0 spiro atoms. The van der Waals surface area contributed by atoms with Crippen LogP contribution >= 0.6 is 12.2 Å². The number of thiocarbonyl (C=S) groups is 1. The van der Waals surface area contributed by atoms with E-state index in [4.69, 9.17) is 17.0 Å². The summed E-state index contributed by atoms with van der Waals surface area (Å²) >= 11 is 5.32. The van der Waals surface area contributed by atoms with Crippen LogP contribution in [-0.4, -0.2) is 41.5 Å². The Balaban J connectivity index is 1.56. The molecule has 0 atom stereocenters. The molecule has 2 N–H and O–H groups in total. The number of amides is 2. The van der Waals surface area contributed by atoms with Crippen LogP contribution in [0.4, 0.5) is 5.69 Å². The molecule has 0 unspecified atom stereocenters. The first-order valence-electron chi connectivity index (χ1n) is 11.6. The van der Waals surface area contributed by atoms with E-state index >= 15 is 0 Å². The fourth-order valence-electron chi connectivity index (χ4n) is 3.60. The van der Waals surface area contributed by atoms with Crippen LogP contribution in [0.5, 0.6) is 5.75 Å². The molecule has 2 aromatic rings. The highest BCUT2D eigenvalue weighted by Crippen LogP contribution is 2.20. The van der Waals surface area contributed by atoms with Crippen molar-refractivity contribution < 1.29 is 14.3 Å². The van der Waals surface area contributed by atoms with Crippen LogP contribution < -0.4 is 15.4 Å². The Bertz CT molecular complexity index is 984. The first-order valence-corrected chi connectivity index (χ1v) is 12.0. The van der Waals surface area contributed by atoms with Crippen molar-refractivity contribution in [2.75, 3.05) is 25.0 Å². The zero-order chi connectivity index (χ0) is 23.8. The fraction of sp³-hybridized carbons (Fsp3) is 0.423. The lowest BCUT2D eigenvalue weighted by Gasteiger charge is -2.30. The van der Waals surface area contributed by atoms with Crippen molar-refractivity contribution in [3.63, 3.8) is 0 Å². The topological polar surface area (TPSA) is 70.7 Å². The molecule has 0 aliphatic carbocycles. The summed E-state index contributed by atoms with van der Waals surface area (Å²) < 4.78 is 5.74. The lowest BCUT2D eigenvalue weighted by Crippen LogP contribution is -2.38. The second kappa shape index (κ2) is 11.8. The molecule has 1 heterocycles. The van der Waals surface area contributed by atoms with Crippen LogP contribution in [0.1, 0.15) is 60.7 Å². The van der Waals surface area contributed by atoms with Gasteiger partial charge in [0.2, 0.25) is 0 Å². The van der Waals surface area contributed by atoms with E-state index in [1.54, 1.807) is 30.3 Å². The van der Waals surface area contributed by atoms with Gasteiger partial charge in [-0.2, -0.15) is 0 Å². The summed E-state index contributed by atoms with van der Waals surface area (Å²) in [6.07, 6.45) is 3.01. The maximum Gasteiger partial charge on any atom is 0.257 e. The average Bonchev–Trinajstić information content (AvgIpc) is 2.79. The van der Waals surface area contributed by atoms with Crippen molar-refractivity contribution in [1.82, 2.24) is 10.2 Å². The molecule has 1 fully saturated rings. The van der Waals surface area contributed by atoms with Crippen molar-refractivity contribution >= 4 is 34.8 Å². The van der Waals surface area contributed by atoms with E-state index in [1.807, 2.05) is 23.1 Å². The molecule has 0 bridgehead atoms. The van der Waals surface area contributed by atoms with E-state index in [9.17, 15) is 9.59 Å². The molecule has 1 aliphatic rings. The van der Waals surface area contributed by atoms with Crippen molar-refractivity contribution in [2.24, 2.45) is 11.8 Å². The van der Waals surface area contributed by atoms with E-state index in [0.29, 0.717) is 41.0 Å². The van der Waals surface area contributed by atoms with Gasteiger partial charge in [-0.15, -0.1) is 0 Å². The van der Waals surface area contributed by atoms with Gasteiger partial charge in [-0.05, 0) is 79.7 Å². The molecule has 1 aliphatic heterocycles. The van der Waals surface area contributed by atoms with E-state index in [1.165, 1.54) is 0 Å². The van der Waals surface area contributed by atoms with E-state index in [-0.39, 0.29) is 16.9 Å². The smallest absolute Gasteiger partial charge is 0.257 e. The number of hydrogen-bond acceptors (Lipinski definition) is 4. The van der Waals surface area contributed by atoms with Gasteiger partial charge in [0.15, 0.2) is 5.11 Å². The molecule has 2 aromatic carbocycles. The third kappa shape index (κ3) is 7.56. The van der Waals surface area contributed by atoms with Crippen LogP contribution in [0, 0.1) is 11.8 Å². The number of likely N-dealkylation sites (tertiary alicyclic amines) is 1. The molecule has 0 aromatic heterocycles. The molecule has 7 heteroatoms. The minimum atomic E-state index is -0.323. The third-order valence-electron chi connectivity index (χ3n) is 5.73. The molecular formula is C26H33N3O3S. The number of nitrogens with one attached hydrogen (secondary N) is 2. The lowest BCUT2D eigenvalue weighted by atomic mass is 9.98. The monoisotopic (exact) mass is 467 g/mol. The standard InChI is InChI=1S/C26H33N3O3S/c1-18(2)12-15-32-23-9-5-6-20(17-23)24(30)28-26(33)27-22-8-4-7-21(16-22)25(31)29-13-10-19(3)11-14-29/h4-9,16-19H,10-15H2,1-3H3,(H2,27,28,30,33). The number of ether oxygens (including phenoxy) is 1. The zero-order valence-electron chi connectivity index (χ0n) is 19.6. The Morgan fingerprint density at radius 3 is 2.52 bits per heavy atom. The summed E-state index contributed by atoms with van der Waals surface area (Å²) in [6.45, 7) is 8.67. The highest BCUT2D eigenvalue weighted by atomic mass is 32.1. The zero-order valence-corrected chi connectivity index (χ0v) is 20.4. The van der Waals surface area contributed by atoms with Gasteiger partial charge in [-0.3, -0.25) is 14.9 Å². The second-order valence-electron chi connectivity index (χ2n) is 9.02. The number of hydrogen-bond donors (Lipinski definition) is 2. The third-order valence-corrected chi connectivity index (χ3v) is 5.93. The van der Waals surface area contributed by atoms with Gasteiger partial charge in [0.1, 0.15) is 5.75 Å². The van der Waals surface area contributed by atoms with Gasteiger partial charge >= 0.3 is 0 Å². The summed E-state index contributed by atoms with van der Waals surface area (Å²) in [4.78, 5) is 27.4. The van der Waals surface area contributed by atoms with Gasteiger partial charge in [0.25, 0.3) is 11.8 Å². The van der Waals surface area contributed by atoms with Crippen LogP contribution in [-0.2, 0) is 0 Å². The van der Waals surface area contributed by atoms with Crippen molar-refractivity contribution in [3.8, 4) is 5.75 Å². The van der Waals surface area contributed by atoms with Gasteiger partial charge < -0.3 is 15.0 Å². The van der Waals surface area contributed by atoms with Gasteiger partial charge in [-0.25, -0.2) is 0 Å². The number of carbonyl (C=O) groups excluding carboxylic acids is 2. The Morgan fingerprint density at radius 1 is 1.09 bits per heavy atom. The maximum atomic E-state index is 12.8. The quantitative estimate of drug-likeness (QED) is 0.554. The van der Waals surface area contributed by atoms with Crippen LogP contribution in [0.2, 0.25) is 0 Å². The minimum Gasteiger partial charge on any atom is -0.494 e. The van der Waals surface area contributed by atoms with Gasteiger partial charge in [-0.1, -0.05) is 32.9 Å². The Labute approximate surface area is 201 Å². The fourth-order valence-corrected chi connectivity index (χ4v) is 3.81. The summed E-state index contributed by atoms with van der Waals surface area (Å²) in [5.41, 5.74) is 1.72. The summed E-state index contributed by atoms with van der Waals surface area (Å²) in [5.74, 6) is 1.57. The Kier molecular flexibility index (Phi) is 8.83. The molecular weight excluding hydrogens is 434 g/mol. The lowest BCUT2D eigenvalue weighted by molar-refractivity contribution is 0.0697. The van der Waals surface area contributed by atoms with Crippen molar-refractivity contribution in [3.05, 3.63) is 59.7 Å². The summed E-state index contributed by atoms with van der Waals surface area (Å²) in [7, 11) is 0. The molecule has 33 heavy (non-hydrogen) atoms. The molecule has 0 radical (unpaired) electrons. The average molecular weight is 468 g/mol. The summed E-state index contributed by atoms with van der Waals surface area (Å²) in [6, 6.07) is 14.2. The summed E-state index contributed by atoms with van der Waals surface area (Å²) in [5, 5.41) is 5.87. The predicted molar refractivity (Wildman–Crippen MR) is 136 cm³/mol. The number of anilines is 1. The SMILES string of the molecule is CC(C)CCOc1cccc(C(=O)NC(=S)Nc2cccc(C(=O)N3CCC(C)CC3)c2)c1. The maximum absolute atomic E-state index is 12.8. The van der Waals surface area contributed by atoms with Crippen molar-refractivity contribution in [1.29, 1.82) is 0 Å². The second-order valence-corrected chi connectivity index (χ2v) is 9.43. The van der Waals surface area contributed by atoms with Gasteiger partial charge in [0.05, 0.1) is 6.61 Å². The normalized spacial score (nSPS) is 14.1. The number of piperidine rings is 1. The first-order chi connectivity index (χ1) is 15.8. The van der Waals surface area contributed by atoms with Gasteiger partial charge in [0, 0.05) is 29.9 Å². The van der Waals surface area contributed by atoms with E-state index < -0.39 is 0 Å². The highest BCUT2D eigenvalue weighted by molar-refractivity contribution is 7.80. The Morgan fingerprint density at radius 2 is 1.79 bits per heavy atom.